The lowest BCUT2D eigenvalue weighted by atomic mass is 10.1. The maximum absolute atomic E-state index is 12.8. The van der Waals surface area contributed by atoms with E-state index in [1.54, 1.807) is 25.3 Å². The third-order valence-corrected chi connectivity index (χ3v) is 5.10. The Morgan fingerprint density at radius 2 is 2.03 bits per heavy atom. The second-order valence-corrected chi connectivity index (χ2v) is 7.66. The quantitative estimate of drug-likeness (QED) is 0.265. The number of nitrogens with zero attached hydrogens (tertiary/aromatic N) is 1. The first-order valence-corrected chi connectivity index (χ1v) is 10.0. The van der Waals surface area contributed by atoms with Gasteiger partial charge in [-0.2, -0.15) is 0 Å². The Hall–Kier alpha value is -2.81. The number of amides is 3. The number of benzene rings is 2. The van der Waals surface area contributed by atoms with Gasteiger partial charge in [-0.05, 0) is 58.9 Å². The van der Waals surface area contributed by atoms with Crippen molar-refractivity contribution in [3.05, 3.63) is 75.0 Å². The summed E-state index contributed by atoms with van der Waals surface area (Å²) in [4.78, 5) is 26.3. The van der Waals surface area contributed by atoms with Crippen molar-refractivity contribution in [2.75, 3.05) is 13.7 Å². The summed E-state index contributed by atoms with van der Waals surface area (Å²) in [6.07, 6.45) is 3.29. The van der Waals surface area contributed by atoms with Crippen LogP contribution in [0.5, 0.6) is 11.5 Å². The number of carbonyl (C=O) groups is 2. The molecule has 2 aromatic carbocycles. The zero-order valence-corrected chi connectivity index (χ0v) is 18.4. The standard InChI is InChI=1S/C22H21IN2O4/c1-4-8-29-20-17(23)10-16(12-19(20)28-3)11-18-21(26)25(22(27)24-18)13-15-7-5-6-14(2)9-15/h4-7,9-12H,1,8,13H2,2-3H3,(H,24,27)/b18-11-. The molecular weight excluding hydrogens is 483 g/mol. The number of urea groups is 1. The molecule has 0 atom stereocenters. The topological polar surface area (TPSA) is 67.9 Å². The molecule has 1 fully saturated rings. The highest BCUT2D eigenvalue weighted by atomic mass is 127. The number of hydrogen-bond donors (Lipinski definition) is 1. The van der Waals surface area contributed by atoms with Gasteiger partial charge in [-0.15, -0.1) is 0 Å². The highest BCUT2D eigenvalue weighted by molar-refractivity contribution is 14.1. The van der Waals surface area contributed by atoms with Crippen LogP contribution in [-0.2, 0) is 11.3 Å². The van der Waals surface area contributed by atoms with Gasteiger partial charge in [-0.3, -0.25) is 9.69 Å². The summed E-state index contributed by atoms with van der Waals surface area (Å²) in [5.41, 5.74) is 2.92. The maximum atomic E-state index is 12.8. The molecule has 0 spiro atoms. The monoisotopic (exact) mass is 504 g/mol. The number of ether oxygens (including phenoxy) is 2. The number of aryl methyl sites for hydroxylation is 1. The van der Waals surface area contributed by atoms with Gasteiger partial charge in [0.05, 0.1) is 17.2 Å². The Kier molecular flexibility index (Phi) is 6.58. The zero-order valence-electron chi connectivity index (χ0n) is 16.2. The van der Waals surface area contributed by atoms with Crippen molar-refractivity contribution in [2.45, 2.75) is 13.5 Å². The van der Waals surface area contributed by atoms with Gasteiger partial charge in [-0.1, -0.05) is 42.5 Å². The van der Waals surface area contributed by atoms with Crippen LogP contribution in [0.3, 0.4) is 0 Å². The molecule has 0 aliphatic carbocycles. The highest BCUT2D eigenvalue weighted by Gasteiger charge is 2.33. The van der Waals surface area contributed by atoms with Gasteiger partial charge in [0.2, 0.25) is 0 Å². The van der Waals surface area contributed by atoms with E-state index in [2.05, 4.69) is 34.5 Å². The average molecular weight is 504 g/mol. The summed E-state index contributed by atoms with van der Waals surface area (Å²) in [5.74, 6) is 0.787. The van der Waals surface area contributed by atoms with Gasteiger partial charge in [0.1, 0.15) is 12.3 Å². The van der Waals surface area contributed by atoms with Gasteiger partial charge in [0.25, 0.3) is 5.91 Å². The molecule has 0 radical (unpaired) electrons. The Bertz CT molecular complexity index is 1000. The molecule has 0 bridgehead atoms. The number of carbonyl (C=O) groups excluding carboxylic acids is 2. The third-order valence-electron chi connectivity index (χ3n) is 4.29. The second kappa shape index (κ2) is 9.13. The normalized spacial score (nSPS) is 14.9. The minimum Gasteiger partial charge on any atom is -0.493 e. The van der Waals surface area contributed by atoms with E-state index < -0.39 is 6.03 Å². The largest absolute Gasteiger partial charge is 0.493 e. The molecule has 1 aliphatic heterocycles. The molecule has 1 saturated heterocycles. The van der Waals surface area contributed by atoms with Crippen LogP contribution < -0.4 is 14.8 Å². The van der Waals surface area contributed by atoms with E-state index in [1.807, 2.05) is 37.3 Å². The van der Waals surface area contributed by atoms with Gasteiger partial charge < -0.3 is 14.8 Å². The first-order valence-electron chi connectivity index (χ1n) is 8.94. The van der Waals surface area contributed by atoms with Crippen LogP contribution in [-0.4, -0.2) is 30.6 Å². The van der Waals surface area contributed by atoms with E-state index in [4.69, 9.17) is 9.47 Å². The van der Waals surface area contributed by atoms with Crippen molar-refractivity contribution >= 4 is 40.6 Å². The molecule has 3 rings (SSSR count). The molecule has 150 valence electrons. The summed E-state index contributed by atoms with van der Waals surface area (Å²) in [6, 6.07) is 10.9. The lowest BCUT2D eigenvalue weighted by Crippen LogP contribution is -2.30. The van der Waals surface area contributed by atoms with E-state index >= 15 is 0 Å². The predicted molar refractivity (Wildman–Crippen MR) is 120 cm³/mol. The molecule has 1 N–H and O–H groups in total. The average Bonchev–Trinajstić information content (AvgIpc) is 2.94. The number of methoxy groups -OCH3 is 1. The summed E-state index contributed by atoms with van der Waals surface area (Å²) in [7, 11) is 1.55. The van der Waals surface area contributed by atoms with Gasteiger partial charge >= 0.3 is 6.03 Å². The molecule has 1 aliphatic rings. The van der Waals surface area contributed by atoms with Gasteiger partial charge in [0.15, 0.2) is 11.5 Å². The maximum Gasteiger partial charge on any atom is 0.329 e. The molecule has 3 amide bonds. The Morgan fingerprint density at radius 1 is 1.24 bits per heavy atom. The lowest BCUT2D eigenvalue weighted by Gasteiger charge is -2.13. The SMILES string of the molecule is C=CCOc1c(I)cc(/C=C2\NC(=O)N(Cc3cccc(C)c3)C2=O)cc1OC. The van der Waals surface area contributed by atoms with Crippen LogP contribution >= 0.6 is 22.6 Å². The summed E-state index contributed by atoms with van der Waals surface area (Å²) < 4.78 is 11.9. The highest BCUT2D eigenvalue weighted by Crippen LogP contribution is 2.34. The molecule has 2 aromatic rings. The Morgan fingerprint density at radius 3 is 2.72 bits per heavy atom. The van der Waals surface area contributed by atoms with Crippen molar-refractivity contribution in [3.8, 4) is 11.5 Å². The fourth-order valence-electron chi connectivity index (χ4n) is 2.98. The van der Waals surface area contributed by atoms with Gasteiger partial charge in [0, 0.05) is 0 Å². The molecule has 1 heterocycles. The van der Waals surface area contributed by atoms with Crippen molar-refractivity contribution in [1.29, 1.82) is 0 Å². The minimum atomic E-state index is -0.435. The van der Waals surface area contributed by atoms with Crippen LogP contribution in [0, 0.1) is 10.5 Å². The first-order chi connectivity index (χ1) is 13.9. The fourth-order valence-corrected chi connectivity index (χ4v) is 3.76. The van der Waals surface area contributed by atoms with E-state index in [9.17, 15) is 9.59 Å². The predicted octanol–water partition coefficient (Wildman–Crippen LogP) is 4.27. The number of hydrogen-bond acceptors (Lipinski definition) is 4. The van der Waals surface area contributed by atoms with E-state index in [0.717, 1.165) is 20.3 Å². The molecule has 0 aromatic heterocycles. The van der Waals surface area contributed by atoms with Crippen LogP contribution in [0.2, 0.25) is 0 Å². The van der Waals surface area contributed by atoms with E-state index in [-0.39, 0.29) is 18.1 Å². The molecule has 6 nitrogen and oxygen atoms in total. The molecule has 0 saturated carbocycles. The van der Waals surface area contributed by atoms with Gasteiger partial charge in [-0.25, -0.2) is 4.79 Å². The fraction of sp³-hybridized carbons (Fsp3) is 0.182. The third kappa shape index (κ3) is 4.79. The minimum absolute atomic E-state index is 0.221. The van der Waals surface area contributed by atoms with Crippen LogP contribution in [0.1, 0.15) is 16.7 Å². The molecule has 0 unspecified atom stereocenters. The smallest absolute Gasteiger partial charge is 0.329 e. The zero-order chi connectivity index (χ0) is 21.0. The van der Waals surface area contributed by atoms with Crippen LogP contribution in [0.25, 0.3) is 6.08 Å². The Balaban J connectivity index is 1.85. The van der Waals surface area contributed by atoms with Crippen molar-refractivity contribution in [3.63, 3.8) is 0 Å². The number of nitrogens with one attached hydrogen (secondary N) is 1. The number of rotatable bonds is 7. The van der Waals surface area contributed by atoms with Crippen LogP contribution in [0.4, 0.5) is 4.79 Å². The lowest BCUT2D eigenvalue weighted by molar-refractivity contribution is -0.123. The summed E-state index contributed by atoms with van der Waals surface area (Å²) in [5, 5.41) is 2.65. The van der Waals surface area contributed by atoms with E-state index in [0.29, 0.717) is 18.1 Å². The molecule has 7 heteroatoms. The first kappa shape index (κ1) is 20.9. The summed E-state index contributed by atoms with van der Waals surface area (Å²) >= 11 is 2.14. The summed E-state index contributed by atoms with van der Waals surface area (Å²) in [6.45, 7) is 6.19. The Labute approximate surface area is 183 Å². The van der Waals surface area contributed by atoms with E-state index in [1.165, 1.54) is 4.90 Å². The number of halogens is 1. The van der Waals surface area contributed by atoms with Crippen molar-refractivity contribution < 1.29 is 19.1 Å². The second-order valence-electron chi connectivity index (χ2n) is 6.50. The van der Waals surface area contributed by atoms with Crippen molar-refractivity contribution in [1.82, 2.24) is 10.2 Å². The molecular formula is C22H21IN2O4. The van der Waals surface area contributed by atoms with Crippen LogP contribution in [0.15, 0.2) is 54.8 Å². The number of imide groups is 1. The van der Waals surface area contributed by atoms with Crippen molar-refractivity contribution in [2.24, 2.45) is 0 Å². The molecule has 29 heavy (non-hydrogen) atoms.